The van der Waals surface area contributed by atoms with Crippen molar-refractivity contribution >= 4 is 27.5 Å². The van der Waals surface area contributed by atoms with Gasteiger partial charge in [-0.2, -0.15) is 11.8 Å². The van der Waals surface area contributed by atoms with E-state index in [9.17, 15) is 8.42 Å². The highest BCUT2D eigenvalue weighted by Gasteiger charge is 2.23. The Hall–Kier alpha value is -0.920. The van der Waals surface area contributed by atoms with Gasteiger partial charge in [-0.3, -0.25) is 0 Å². The van der Waals surface area contributed by atoms with Gasteiger partial charge < -0.3 is 10.5 Å². The van der Waals surface area contributed by atoms with Gasteiger partial charge in [0.15, 0.2) is 0 Å². The van der Waals surface area contributed by atoms with Crippen molar-refractivity contribution in [2.24, 2.45) is 0 Å². The number of nitrogens with two attached hydrogens (primary N) is 1. The lowest BCUT2D eigenvalue weighted by Crippen LogP contribution is -2.29. The molecule has 2 N–H and O–H groups in total. The molecule has 0 amide bonds. The van der Waals surface area contributed by atoms with Crippen molar-refractivity contribution in [1.82, 2.24) is 4.31 Å². The van der Waals surface area contributed by atoms with Crippen LogP contribution in [-0.4, -0.2) is 45.4 Å². The summed E-state index contributed by atoms with van der Waals surface area (Å²) in [6.45, 7) is 0.453. The Labute approximate surface area is 112 Å². The third-order valence-electron chi connectivity index (χ3n) is 2.52. The van der Waals surface area contributed by atoms with Crippen LogP contribution in [0.15, 0.2) is 23.1 Å². The molecule has 1 aromatic rings. The molecule has 5 nitrogen and oxygen atoms in total. The van der Waals surface area contributed by atoms with Crippen LogP contribution in [0.25, 0.3) is 0 Å². The van der Waals surface area contributed by atoms with Gasteiger partial charge in [0.25, 0.3) is 0 Å². The summed E-state index contributed by atoms with van der Waals surface area (Å²) in [5.41, 5.74) is 5.96. The number of anilines is 1. The zero-order valence-corrected chi connectivity index (χ0v) is 12.3. The molecule has 0 heterocycles. The summed E-state index contributed by atoms with van der Waals surface area (Å²) in [6, 6.07) is 4.57. The predicted octanol–water partition coefficient (Wildman–Crippen LogP) is 1.26. The summed E-state index contributed by atoms with van der Waals surface area (Å²) in [7, 11) is -0.469. The molecule has 102 valence electrons. The van der Waals surface area contributed by atoms with Crippen molar-refractivity contribution < 1.29 is 13.2 Å². The monoisotopic (exact) mass is 290 g/mol. The molecule has 0 spiro atoms. The van der Waals surface area contributed by atoms with Crippen LogP contribution < -0.4 is 10.5 Å². The van der Waals surface area contributed by atoms with Gasteiger partial charge in [0.1, 0.15) is 10.6 Å². The van der Waals surface area contributed by atoms with Crippen LogP contribution in [0.2, 0.25) is 0 Å². The van der Waals surface area contributed by atoms with E-state index >= 15 is 0 Å². The maximum absolute atomic E-state index is 12.3. The van der Waals surface area contributed by atoms with Crippen molar-refractivity contribution in [2.75, 3.05) is 38.4 Å². The van der Waals surface area contributed by atoms with E-state index in [2.05, 4.69) is 0 Å². The summed E-state index contributed by atoms with van der Waals surface area (Å²) in [5.74, 6) is 1.28. The molecule has 18 heavy (non-hydrogen) atoms. The lowest BCUT2D eigenvalue weighted by Gasteiger charge is -2.18. The largest absolute Gasteiger partial charge is 0.497 e. The zero-order valence-electron chi connectivity index (χ0n) is 10.7. The standard InChI is InChI=1S/C11H18N2O3S2/c1-13(6-7-17-3)18(14,15)11-5-4-9(16-2)8-10(11)12/h4-5,8H,6-7,12H2,1-3H3. The zero-order chi connectivity index (χ0) is 13.8. The molecule has 1 aromatic carbocycles. The molecule has 0 saturated carbocycles. The van der Waals surface area contributed by atoms with Gasteiger partial charge in [0, 0.05) is 25.4 Å². The summed E-state index contributed by atoms with van der Waals surface area (Å²) in [5, 5.41) is 0. The first-order valence-corrected chi connectivity index (χ1v) is 8.15. The lowest BCUT2D eigenvalue weighted by molar-refractivity contribution is 0.414. The highest BCUT2D eigenvalue weighted by Crippen LogP contribution is 2.25. The van der Waals surface area contributed by atoms with Crippen LogP contribution >= 0.6 is 11.8 Å². The van der Waals surface area contributed by atoms with Crippen LogP contribution in [0.3, 0.4) is 0 Å². The molecule has 0 aliphatic heterocycles. The number of sulfonamides is 1. The third-order valence-corrected chi connectivity index (χ3v) is 5.04. The fourth-order valence-electron chi connectivity index (χ4n) is 1.40. The minimum absolute atomic E-state index is 0.118. The van der Waals surface area contributed by atoms with Crippen LogP contribution in [0, 0.1) is 0 Å². The summed E-state index contributed by atoms with van der Waals surface area (Å²) < 4.78 is 30.8. The first kappa shape index (κ1) is 15.1. The molecule has 0 radical (unpaired) electrons. The maximum Gasteiger partial charge on any atom is 0.244 e. The van der Waals surface area contributed by atoms with Crippen molar-refractivity contribution in [1.29, 1.82) is 0 Å². The number of rotatable bonds is 6. The van der Waals surface area contributed by atoms with Gasteiger partial charge in [0.05, 0.1) is 12.8 Å². The van der Waals surface area contributed by atoms with E-state index in [0.29, 0.717) is 12.3 Å². The van der Waals surface area contributed by atoms with Crippen molar-refractivity contribution in [3.05, 3.63) is 18.2 Å². The highest BCUT2D eigenvalue weighted by molar-refractivity contribution is 7.98. The van der Waals surface area contributed by atoms with Gasteiger partial charge in [0.2, 0.25) is 10.0 Å². The molecule has 0 saturated heterocycles. The quantitative estimate of drug-likeness (QED) is 0.799. The predicted molar refractivity (Wildman–Crippen MR) is 75.6 cm³/mol. The van der Waals surface area contributed by atoms with Gasteiger partial charge in [-0.15, -0.1) is 0 Å². The number of benzene rings is 1. The maximum atomic E-state index is 12.3. The molecule has 0 fully saturated rings. The Morgan fingerprint density at radius 1 is 1.44 bits per heavy atom. The van der Waals surface area contributed by atoms with Crippen LogP contribution in [0.1, 0.15) is 0 Å². The second kappa shape index (κ2) is 6.31. The van der Waals surface area contributed by atoms with E-state index in [1.54, 1.807) is 24.9 Å². The molecule has 0 aliphatic rings. The molecule has 1 rings (SSSR count). The number of hydrogen-bond acceptors (Lipinski definition) is 5. The minimum Gasteiger partial charge on any atom is -0.497 e. The molecular weight excluding hydrogens is 272 g/mol. The Kier molecular flexibility index (Phi) is 5.30. The lowest BCUT2D eigenvalue weighted by atomic mass is 10.3. The molecule has 0 unspecified atom stereocenters. The Balaban J connectivity index is 3.05. The number of thioether (sulfide) groups is 1. The molecular formula is C11H18N2O3S2. The third kappa shape index (κ3) is 3.30. The second-order valence-corrected chi connectivity index (χ2v) is 6.72. The molecule has 0 atom stereocenters. The molecule has 0 aromatic heterocycles. The van der Waals surface area contributed by atoms with Crippen molar-refractivity contribution in [2.45, 2.75) is 4.90 Å². The Morgan fingerprint density at radius 2 is 2.11 bits per heavy atom. The van der Waals surface area contributed by atoms with E-state index in [0.717, 1.165) is 5.75 Å². The number of nitrogens with zero attached hydrogens (tertiary/aromatic N) is 1. The molecule has 0 bridgehead atoms. The number of methoxy groups -OCH3 is 1. The Morgan fingerprint density at radius 3 is 2.61 bits per heavy atom. The van der Waals surface area contributed by atoms with Gasteiger partial charge in [-0.1, -0.05) is 0 Å². The fraction of sp³-hybridized carbons (Fsp3) is 0.455. The summed E-state index contributed by atoms with van der Waals surface area (Å²) in [4.78, 5) is 0.118. The minimum atomic E-state index is -3.53. The summed E-state index contributed by atoms with van der Waals surface area (Å²) >= 11 is 1.59. The molecule has 0 aliphatic carbocycles. The van der Waals surface area contributed by atoms with E-state index in [4.69, 9.17) is 10.5 Å². The first-order chi connectivity index (χ1) is 8.43. The van der Waals surface area contributed by atoms with Gasteiger partial charge in [-0.25, -0.2) is 12.7 Å². The number of hydrogen-bond donors (Lipinski definition) is 1. The van der Waals surface area contributed by atoms with E-state index in [-0.39, 0.29) is 10.6 Å². The highest BCUT2D eigenvalue weighted by atomic mass is 32.2. The summed E-state index contributed by atoms with van der Waals surface area (Å²) in [6.07, 6.45) is 1.93. The van der Waals surface area contributed by atoms with E-state index in [1.165, 1.54) is 23.5 Å². The van der Waals surface area contributed by atoms with Crippen LogP contribution in [0.5, 0.6) is 5.75 Å². The normalized spacial score (nSPS) is 11.8. The number of nitrogen functional groups attached to an aromatic ring is 1. The van der Waals surface area contributed by atoms with E-state index in [1.807, 2.05) is 6.26 Å². The fourth-order valence-corrected chi connectivity index (χ4v) is 3.23. The molecule has 7 heteroatoms. The average Bonchev–Trinajstić information content (AvgIpc) is 2.35. The topological polar surface area (TPSA) is 72.6 Å². The van der Waals surface area contributed by atoms with Crippen molar-refractivity contribution in [3.63, 3.8) is 0 Å². The first-order valence-electron chi connectivity index (χ1n) is 5.32. The average molecular weight is 290 g/mol. The number of ether oxygens (including phenoxy) is 1. The van der Waals surface area contributed by atoms with Gasteiger partial charge in [-0.05, 0) is 18.4 Å². The smallest absolute Gasteiger partial charge is 0.244 e. The second-order valence-electron chi connectivity index (χ2n) is 3.72. The van der Waals surface area contributed by atoms with Gasteiger partial charge >= 0.3 is 0 Å². The van der Waals surface area contributed by atoms with Crippen molar-refractivity contribution in [3.8, 4) is 5.75 Å². The van der Waals surface area contributed by atoms with Crippen LogP contribution in [0.4, 0.5) is 5.69 Å². The van der Waals surface area contributed by atoms with E-state index < -0.39 is 10.0 Å². The van der Waals surface area contributed by atoms with Crippen LogP contribution in [-0.2, 0) is 10.0 Å². The Bertz CT molecular complexity index is 503. The SMILES string of the molecule is COc1ccc(S(=O)(=O)N(C)CCSC)c(N)c1.